The molecule has 4 N–H and O–H groups in total. The van der Waals surface area contributed by atoms with Crippen LogP contribution in [-0.4, -0.2) is 40.1 Å². The predicted molar refractivity (Wildman–Crippen MR) is 113 cm³/mol. The maximum absolute atomic E-state index is 12.3. The zero-order chi connectivity index (χ0) is 19.0. The molecule has 0 radical (unpaired) electrons. The van der Waals surface area contributed by atoms with Crippen molar-refractivity contribution >= 4 is 58.0 Å². The molecule has 0 aromatic rings. The second-order valence-corrected chi connectivity index (χ2v) is 10.0. The van der Waals surface area contributed by atoms with Crippen molar-refractivity contribution in [2.75, 3.05) is 13.1 Å². The zero-order valence-electron chi connectivity index (χ0n) is 15.0. The third-order valence-corrected chi connectivity index (χ3v) is 5.98. The van der Waals surface area contributed by atoms with Gasteiger partial charge in [0.2, 0.25) is 9.70 Å². The van der Waals surface area contributed by atoms with E-state index in [1.54, 1.807) is 0 Å². The van der Waals surface area contributed by atoms with E-state index in [4.69, 9.17) is 47.0 Å². The van der Waals surface area contributed by atoms with Gasteiger partial charge in [-0.3, -0.25) is 4.79 Å². The first kappa shape index (κ1) is 22.3. The van der Waals surface area contributed by atoms with Gasteiger partial charge in [0.25, 0.3) is 0 Å². The fraction of sp³-hybridized carbons (Fsp3) is 0.882. The van der Waals surface area contributed by atoms with Gasteiger partial charge in [0.05, 0.1) is 0 Å². The number of rotatable bonds is 6. The SMILES string of the molecule is O=C(CCC1CCNCC1)NC(NC(=S)NC1CCCCC1)C(Cl)(Cl)Cl. The van der Waals surface area contributed by atoms with Crippen molar-refractivity contribution in [3.63, 3.8) is 0 Å². The van der Waals surface area contributed by atoms with E-state index >= 15 is 0 Å². The third kappa shape index (κ3) is 8.34. The average Bonchev–Trinajstić information content (AvgIpc) is 2.60. The molecule has 2 aliphatic rings. The Bertz CT molecular complexity index is 463. The highest BCUT2D eigenvalue weighted by atomic mass is 35.6. The van der Waals surface area contributed by atoms with Crippen LogP contribution >= 0.6 is 47.0 Å². The summed E-state index contributed by atoms with van der Waals surface area (Å²) in [5.41, 5.74) is 0. The fourth-order valence-electron chi connectivity index (χ4n) is 3.54. The summed E-state index contributed by atoms with van der Waals surface area (Å²) in [7, 11) is 0. The summed E-state index contributed by atoms with van der Waals surface area (Å²) in [5.74, 6) is 0.447. The van der Waals surface area contributed by atoms with Crippen molar-refractivity contribution < 1.29 is 4.79 Å². The lowest BCUT2D eigenvalue weighted by Crippen LogP contribution is -2.58. The van der Waals surface area contributed by atoms with Crippen LogP contribution in [0.5, 0.6) is 0 Å². The molecular weight excluding hydrogens is 415 g/mol. The summed E-state index contributed by atoms with van der Waals surface area (Å²) in [5, 5.41) is 12.7. The molecule has 1 amide bonds. The molecule has 26 heavy (non-hydrogen) atoms. The van der Waals surface area contributed by atoms with Crippen LogP contribution in [0, 0.1) is 5.92 Å². The molecule has 1 unspecified atom stereocenters. The number of thiocarbonyl (C=S) groups is 1. The number of hydrogen-bond donors (Lipinski definition) is 4. The highest BCUT2D eigenvalue weighted by Crippen LogP contribution is 2.29. The van der Waals surface area contributed by atoms with Crippen LogP contribution in [-0.2, 0) is 4.79 Å². The molecule has 1 saturated heterocycles. The Hall–Kier alpha value is -0.0100. The Kier molecular flexibility index (Phi) is 9.52. The number of halogens is 3. The van der Waals surface area contributed by atoms with Gasteiger partial charge in [-0.25, -0.2) is 0 Å². The number of amides is 1. The van der Waals surface area contributed by atoms with Crippen molar-refractivity contribution in [1.29, 1.82) is 0 Å². The topological polar surface area (TPSA) is 65.2 Å². The van der Waals surface area contributed by atoms with Gasteiger partial charge < -0.3 is 21.3 Å². The average molecular weight is 444 g/mol. The van der Waals surface area contributed by atoms with Crippen LogP contribution in [0.15, 0.2) is 0 Å². The van der Waals surface area contributed by atoms with Gasteiger partial charge in [-0.05, 0) is 63.3 Å². The third-order valence-electron chi connectivity index (χ3n) is 5.09. The van der Waals surface area contributed by atoms with Gasteiger partial charge in [-0.1, -0.05) is 54.1 Å². The first-order valence-corrected chi connectivity index (χ1v) is 11.0. The van der Waals surface area contributed by atoms with Crippen LogP contribution in [0.2, 0.25) is 0 Å². The number of nitrogens with one attached hydrogen (secondary N) is 4. The molecule has 1 atom stereocenters. The molecule has 0 aromatic carbocycles. The Balaban J connectivity index is 1.77. The lowest BCUT2D eigenvalue weighted by atomic mass is 9.93. The standard InChI is InChI=1S/C17H29Cl3N4OS/c18-17(19,20)15(24-16(26)22-13-4-2-1-3-5-13)23-14(25)7-6-12-8-10-21-11-9-12/h12-13,15,21H,1-11H2,(H,23,25)(H2,22,24,26). The summed E-state index contributed by atoms with van der Waals surface area (Å²) in [6.45, 7) is 2.04. The maximum atomic E-state index is 12.3. The van der Waals surface area contributed by atoms with Gasteiger partial charge in [-0.2, -0.15) is 0 Å². The molecule has 0 bridgehead atoms. The number of piperidine rings is 1. The smallest absolute Gasteiger partial charge is 0.228 e. The Morgan fingerprint density at radius 3 is 2.35 bits per heavy atom. The highest BCUT2D eigenvalue weighted by molar-refractivity contribution is 7.80. The molecule has 1 heterocycles. The molecule has 5 nitrogen and oxygen atoms in total. The first-order chi connectivity index (χ1) is 12.3. The monoisotopic (exact) mass is 442 g/mol. The Morgan fingerprint density at radius 1 is 1.08 bits per heavy atom. The molecule has 9 heteroatoms. The largest absolute Gasteiger partial charge is 0.360 e. The summed E-state index contributed by atoms with van der Waals surface area (Å²) >= 11 is 23.5. The minimum atomic E-state index is -1.69. The molecule has 2 fully saturated rings. The quantitative estimate of drug-likeness (QED) is 0.288. The van der Waals surface area contributed by atoms with E-state index in [2.05, 4.69) is 21.3 Å². The predicted octanol–water partition coefficient (Wildman–Crippen LogP) is 3.38. The fourth-order valence-corrected chi connectivity index (χ4v) is 4.16. The van der Waals surface area contributed by atoms with E-state index in [1.807, 2.05) is 0 Å². The minimum Gasteiger partial charge on any atom is -0.360 e. The van der Waals surface area contributed by atoms with E-state index in [0.29, 0.717) is 23.5 Å². The van der Waals surface area contributed by atoms with Gasteiger partial charge in [0.1, 0.15) is 6.17 Å². The van der Waals surface area contributed by atoms with Crippen molar-refractivity contribution in [2.24, 2.45) is 5.92 Å². The second kappa shape index (κ2) is 11.1. The van der Waals surface area contributed by atoms with E-state index in [1.165, 1.54) is 19.3 Å². The van der Waals surface area contributed by atoms with Crippen LogP contribution in [0.4, 0.5) is 0 Å². The number of hydrogen-bond acceptors (Lipinski definition) is 3. The zero-order valence-corrected chi connectivity index (χ0v) is 18.0. The van der Waals surface area contributed by atoms with Crippen LogP contribution in [0.3, 0.4) is 0 Å². The van der Waals surface area contributed by atoms with Crippen LogP contribution < -0.4 is 21.3 Å². The molecule has 150 valence electrons. The van der Waals surface area contributed by atoms with E-state index in [0.717, 1.165) is 45.2 Å². The Labute approximate surface area is 176 Å². The molecule has 0 aromatic heterocycles. The Morgan fingerprint density at radius 2 is 1.73 bits per heavy atom. The molecule has 2 rings (SSSR count). The molecular formula is C17H29Cl3N4OS. The number of carbonyl (C=O) groups is 1. The summed E-state index contributed by atoms with van der Waals surface area (Å²) in [6, 6.07) is 0.343. The minimum absolute atomic E-state index is 0.132. The van der Waals surface area contributed by atoms with E-state index in [9.17, 15) is 4.79 Å². The maximum Gasteiger partial charge on any atom is 0.228 e. The van der Waals surface area contributed by atoms with Gasteiger partial charge >= 0.3 is 0 Å². The van der Waals surface area contributed by atoms with Gasteiger partial charge in [0.15, 0.2) is 5.11 Å². The lowest BCUT2D eigenvalue weighted by molar-refractivity contribution is -0.122. The van der Waals surface area contributed by atoms with E-state index < -0.39 is 9.96 Å². The molecule has 0 spiro atoms. The van der Waals surface area contributed by atoms with Crippen molar-refractivity contribution in [1.82, 2.24) is 21.3 Å². The second-order valence-electron chi connectivity index (χ2n) is 7.23. The summed E-state index contributed by atoms with van der Waals surface area (Å²) in [6.07, 6.45) is 8.45. The highest BCUT2D eigenvalue weighted by Gasteiger charge is 2.35. The lowest BCUT2D eigenvalue weighted by Gasteiger charge is -2.30. The van der Waals surface area contributed by atoms with Crippen LogP contribution in [0.1, 0.15) is 57.8 Å². The summed E-state index contributed by atoms with van der Waals surface area (Å²) in [4.78, 5) is 12.3. The molecule has 1 aliphatic carbocycles. The number of alkyl halides is 3. The first-order valence-electron chi connectivity index (χ1n) is 9.48. The van der Waals surface area contributed by atoms with Gasteiger partial charge in [0, 0.05) is 12.5 Å². The van der Waals surface area contributed by atoms with E-state index in [-0.39, 0.29) is 5.91 Å². The molecule has 1 saturated carbocycles. The van der Waals surface area contributed by atoms with Crippen molar-refractivity contribution in [3.8, 4) is 0 Å². The van der Waals surface area contributed by atoms with Crippen molar-refractivity contribution in [3.05, 3.63) is 0 Å². The number of carbonyl (C=O) groups excluding carboxylic acids is 1. The molecule has 1 aliphatic heterocycles. The van der Waals surface area contributed by atoms with Gasteiger partial charge in [-0.15, -0.1) is 0 Å². The normalized spacial score (nSPS) is 21.0. The van der Waals surface area contributed by atoms with Crippen molar-refractivity contribution in [2.45, 2.75) is 73.8 Å². The summed E-state index contributed by atoms with van der Waals surface area (Å²) < 4.78 is -1.69. The van der Waals surface area contributed by atoms with Crippen LogP contribution in [0.25, 0.3) is 0 Å².